The summed E-state index contributed by atoms with van der Waals surface area (Å²) in [5, 5.41) is 7.21. The SMILES string of the molecule is CCOc1ccc(NC(=O)CNC(=O)c2ccc3ccccc3c2)cc1S(=O)(=O)N1CCCC1. The van der Waals surface area contributed by atoms with Crippen molar-refractivity contribution in [2.45, 2.75) is 24.7 Å². The number of benzene rings is 3. The van der Waals surface area contributed by atoms with Crippen molar-refractivity contribution in [1.29, 1.82) is 0 Å². The highest BCUT2D eigenvalue weighted by Gasteiger charge is 2.30. The van der Waals surface area contributed by atoms with Gasteiger partial charge in [-0.3, -0.25) is 9.59 Å². The molecule has 0 bridgehead atoms. The molecule has 0 aliphatic carbocycles. The number of nitrogens with one attached hydrogen (secondary N) is 2. The fourth-order valence-corrected chi connectivity index (χ4v) is 5.60. The molecule has 1 heterocycles. The molecule has 178 valence electrons. The fraction of sp³-hybridized carbons (Fsp3) is 0.280. The zero-order chi connectivity index (χ0) is 24.1. The number of hydrogen-bond donors (Lipinski definition) is 2. The Bertz CT molecular complexity index is 1320. The minimum absolute atomic E-state index is 0.0225. The van der Waals surface area contributed by atoms with E-state index in [2.05, 4.69) is 10.6 Å². The van der Waals surface area contributed by atoms with Gasteiger partial charge in [0.15, 0.2) is 0 Å². The van der Waals surface area contributed by atoms with Gasteiger partial charge < -0.3 is 15.4 Å². The summed E-state index contributed by atoms with van der Waals surface area (Å²) >= 11 is 0. The molecule has 4 rings (SSSR count). The van der Waals surface area contributed by atoms with Gasteiger partial charge in [0.25, 0.3) is 5.91 Å². The summed E-state index contributed by atoms with van der Waals surface area (Å²) in [4.78, 5) is 25.0. The first-order valence-corrected chi connectivity index (χ1v) is 12.7. The Morgan fingerprint density at radius 2 is 1.71 bits per heavy atom. The van der Waals surface area contributed by atoms with Crippen molar-refractivity contribution in [2.75, 3.05) is 31.6 Å². The van der Waals surface area contributed by atoms with Crippen LogP contribution in [-0.2, 0) is 14.8 Å². The molecular formula is C25H27N3O5S. The first kappa shape index (κ1) is 23.7. The third kappa shape index (κ3) is 5.21. The van der Waals surface area contributed by atoms with Gasteiger partial charge in [-0.1, -0.05) is 30.3 Å². The highest BCUT2D eigenvalue weighted by molar-refractivity contribution is 7.89. The minimum Gasteiger partial charge on any atom is -0.492 e. The Kier molecular flexibility index (Phi) is 7.14. The summed E-state index contributed by atoms with van der Waals surface area (Å²) in [5.74, 6) is -0.593. The molecule has 2 amide bonds. The first-order valence-electron chi connectivity index (χ1n) is 11.2. The van der Waals surface area contributed by atoms with Crippen LogP contribution in [0.25, 0.3) is 10.8 Å². The van der Waals surface area contributed by atoms with Crippen LogP contribution in [0.3, 0.4) is 0 Å². The quantitative estimate of drug-likeness (QED) is 0.513. The number of hydrogen-bond acceptors (Lipinski definition) is 5. The molecule has 0 unspecified atom stereocenters. The van der Waals surface area contributed by atoms with Crippen LogP contribution in [0.2, 0.25) is 0 Å². The van der Waals surface area contributed by atoms with Crippen molar-refractivity contribution >= 4 is 38.3 Å². The number of sulfonamides is 1. The Hall–Kier alpha value is -3.43. The average Bonchev–Trinajstić information content (AvgIpc) is 3.39. The van der Waals surface area contributed by atoms with Crippen molar-refractivity contribution in [3.8, 4) is 5.75 Å². The molecule has 34 heavy (non-hydrogen) atoms. The van der Waals surface area contributed by atoms with Crippen LogP contribution < -0.4 is 15.4 Å². The van der Waals surface area contributed by atoms with E-state index in [0.29, 0.717) is 30.9 Å². The molecule has 3 aromatic rings. The minimum atomic E-state index is -3.74. The maximum atomic E-state index is 13.1. The lowest BCUT2D eigenvalue weighted by Crippen LogP contribution is -2.33. The topological polar surface area (TPSA) is 105 Å². The van der Waals surface area contributed by atoms with Gasteiger partial charge in [-0.05, 0) is 60.9 Å². The maximum Gasteiger partial charge on any atom is 0.251 e. The van der Waals surface area contributed by atoms with Crippen LogP contribution in [0, 0.1) is 0 Å². The number of nitrogens with zero attached hydrogens (tertiary/aromatic N) is 1. The predicted octanol–water partition coefficient (Wildman–Crippen LogP) is 3.39. The fourth-order valence-electron chi connectivity index (χ4n) is 3.93. The molecule has 0 aromatic heterocycles. The van der Waals surface area contributed by atoms with E-state index in [0.717, 1.165) is 23.6 Å². The zero-order valence-corrected chi connectivity index (χ0v) is 19.7. The van der Waals surface area contributed by atoms with Crippen molar-refractivity contribution in [1.82, 2.24) is 9.62 Å². The van der Waals surface area contributed by atoms with E-state index in [1.54, 1.807) is 25.1 Å². The molecule has 9 heteroatoms. The number of carbonyl (C=O) groups excluding carboxylic acids is 2. The number of carbonyl (C=O) groups is 2. The molecule has 0 atom stereocenters. The largest absolute Gasteiger partial charge is 0.492 e. The third-order valence-electron chi connectivity index (χ3n) is 5.63. The van der Waals surface area contributed by atoms with Crippen molar-refractivity contribution in [3.05, 3.63) is 66.2 Å². The lowest BCUT2D eigenvalue weighted by Gasteiger charge is -2.19. The smallest absolute Gasteiger partial charge is 0.251 e. The van der Waals surface area contributed by atoms with E-state index >= 15 is 0 Å². The molecule has 0 radical (unpaired) electrons. The van der Waals surface area contributed by atoms with E-state index in [-0.39, 0.29) is 23.1 Å². The molecule has 8 nitrogen and oxygen atoms in total. The van der Waals surface area contributed by atoms with E-state index in [4.69, 9.17) is 4.74 Å². The standard InChI is InChI=1S/C25H27N3O5S/c1-2-33-22-12-11-21(16-23(22)34(31,32)28-13-5-6-14-28)27-24(29)17-26-25(30)20-10-9-18-7-3-4-8-19(18)15-20/h3-4,7-12,15-16H,2,5-6,13-14,17H2,1H3,(H,26,30)(H,27,29). The number of amides is 2. The maximum absolute atomic E-state index is 13.1. The average molecular weight is 482 g/mol. The molecule has 1 fully saturated rings. The molecule has 0 spiro atoms. The first-order chi connectivity index (χ1) is 16.4. The monoisotopic (exact) mass is 481 g/mol. The lowest BCUT2D eigenvalue weighted by molar-refractivity contribution is -0.115. The van der Waals surface area contributed by atoms with Gasteiger partial charge in [0.05, 0.1) is 13.2 Å². The second-order valence-corrected chi connectivity index (χ2v) is 9.90. The molecule has 3 aromatic carbocycles. The van der Waals surface area contributed by atoms with Gasteiger partial charge in [0, 0.05) is 24.3 Å². The van der Waals surface area contributed by atoms with Crippen LogP contribution in [0.1, 0.15) is 30.1 Å². The highest BCUT2D eigenvalue weighted by Crippen LogP contribution is 2.31. The second-order valence-electron chi connectivity index (χ2n) is 8.00. The third-order valence-corrected chi connectivity index (χ3v) is 7.55. The van der Waals surface area contributed by atoms with E-state index in [9.17, 15) is 18.0 Å². The number of anilines is 1. The summed E-state index contributed by atoms with van der Waals surface area (Å²) in [6.45, 7) is 2.76. The summed E-state index contributed by atoms with van der Waals surface area (Å²) < 4.78 is 33.2. The second kappa shape index (κ2) is 10.2. The Morgan fingerprint density at radius 3 is 2.44 bits per heavy atom. The Morgan fingerprint density at radius 1 is 0.971 bits per heavy atom. The number of ether oxygens (including phenoxy) is 1. The van der Waals surface area contributed by atoms with Crippen molar-refractivity contribution in [3.63, 3.8) is 0 Å². The summed E-state index contributed by atoms with van der Waals surface area (Å²) in [6, 6.07) is 17.5. The van der Waals surface area contributed by atoms with Gasteiger partial charge >= 0.3 is 0 Å². The number of fused-ring (bicyclic) bond motifs is 1. The van der Waals surface area contributed by atoms with Gasteiger partial charge in [-0.2, -0.15) is 4.31 Å². The van der Waals surface area contributed by atoms with Crippen LogP contribution in [0.4, 0.5) is 5.69 Å². The van der Waals surface area contributed by atoms with Crippen molar-refractivity contribution in [2.24, 2.45) is 0 Å². The van der Waals surface area contributed by atoms with E-state index in [1.165, 1.54) is 16.4 Å². The molecule has 1 aliphatic rings. The molecule has 1 aliphatic heterocycles. The summed E-state index contributed by atoms with van der Waals surface area (Å²) in [7, 11) is -3.74. The Balaban J connectivity index is 1.44. The van der Waals surface area contributed by atoms with Gasteiger partial charge in [0.1, 0.15) is 10.6 Å². The molecule has 2 N–H and O–H groups in total. The van der Waals surface area contributed by atoms with Crippen LogP contribution in [0.5, 0.6) is 5.75 Å². The number of rotatable bonds is 8. The summed E-state index contributed by atoms with van der Waals surface area (Å²) in [6.07, 6.45) is 1.63. The summed E-state index contributed by atoms with van der Waals surface area (Å²) in [5.41, 5.74) is 0.762. The van der Waals surface area contributed by atoms with Crippen LogP contribution in [0.15, 0.2) is 65.6 Å². The Labute approximate surface area is 199 Å². The van der Waals surface area contributed by atoms with Crippen LogP contribution >= 0.6 is 0 Å². The van der Waals surface area contributed by atoms with E-state index in [1.807, 2.05) is 30.3 Å². The highest BCUT2D eigenvalue weighted by atomic mass is 32.2. The normalized spacial score (nSPS) is 14.1. The lowest BCUT2D eigenvalue weighted by atomic mass is 10.1. The molecular weight excluding hydrogens is 454 g/mol. The molecule has 0 saturated carbocycles. The van der Waals surface area contributed by atoms with E-state index < -0.39 is 15.9 Å². The predicted molar refractivity (Wildman–Crippen MR) is 131 cm³/mol. The zero-order valence-electron chi connectivity index (χ0n) is 18.9. The van der Waals surface area contributed by atoms with Crippen LogP contribution in [-0.4, -0.2) is 50.8 Å². The molecule has 1 saturated heterocycles. The van der Waals surface area contributed by atoms with Gasteiger partial charge in [-0.15, -0.1) is 0 Å². The van der Waals surface area contributed by atoms with Gasteiger partial charge in [-0.25, -0.2) is 8.42 Å². The van der Waals surface area contributed by atoms with Crippen molar-refractivity contribution < 1.29 is 22.7 Å². The van der Waals surface area contributed by atoms with Gasteiger partial charge in [0.2, 0.25) is 15.9 Å².